The van der Waals surface area contributed by atoms with Gasteiger partial charge in [-0.2, -0.15) is 4.98 Å². The molecule has 1 amide bonds. The van der Waals surface area contributed by atoms with Crippen molar-refractivity contribution >= 4 is 22.8 Å². The van der Waals surface area contributed by atoms with E-state index in [4.69, 9.17) is 14.0 Å². The summed E-state index contributed by atoms with van der Waals surface area (Å²) in [4.78, 5) is 24.1. The van der Waals surface area contributed by atoms with E-state index in [9.17, 15) is 4.79 Å². The fourth-order valence-corrected chi connectivity index (χ4v) is 4.03. The van der Waals surface area contributed by atoms with Crippen molar-refractivity contribution in [1.82, 2.24) is 20.4 Å². The van der Waals surface area contributed by atoms with E-state index in [1.54, 1.807) is 14.2 Å². The number of aryl methyl sites for hydroxylation is 2. The summed E-state index contributed by atoms with van der Waals surface area (Å²) in [7, 11) is 3.23. The van der Waals surface area contributed by atoms with E-state index in [-0.39, 0.29) is 11.8 Å². The number of fused-ring (bicyclic) bond motifs is 1. The van der Waals surface area contributed by atoms with Crippen LogP contribution >= 0.6 is 0 Å². The summed E-state index contributed by atoms with van der Waals surface area (Å²) in [5.41, 5.74) is 2.11. The second-order valence-electron chi connectivity index (χ2n) is 7.72. The van der Waals surface area contributed by atoms with Crippen molar-refractivity contribution in [2.45, 2.75) is 33.2 Å². The molecule has 3 aromatic rings. The van der Waals surface area contributed by atoms with Crippen LogP contribution in [0.5, 0.6) is 11.5 Å². The zero-order valence-corrected chi connectivity index (χ0v) is 18.3. The molecular weight excluding hydrogens is 398 g/mol. The third-order valence-corrected chi connectivity index (χ3v) is 5.63. The van der Waals surface area contributed by atoms with Gasteiger partial charge in [-0.1, -0.05) is 5.16 Å². The first kappa shape index (κ1) is 20.9. The third kappa shape index (κ3) is 4.26. The highest BCUT2D eigenvalue weighted by molar-refractivity contribution is 5.88. The number of nitrogens with one attached hydrogen (secondary N) is 1. The van der Waals surface area contributed by atoms with Crippen LogP contribution in [0, 0.1) is 19.8 Å². The Morgan fingerprint density at radius 3 is 2.87 bits per heavy atom. The molecule has 0 aliphatic carbocycles. The predicted molar refractivity (Wildman–Crippen MR) is 115 cm³/mol. The van der Waals surface area contributed by atoms with Crippen molar-refractivity contribution in [3.63, 3.8) is 0 Å². The van der Waals surface area contributed by atoms with Gasteiger partial charge in [0.25, 0.3) is 5.71 Å². The number of hydrogen-bond donors (Lipinski definition) is 1. The first-order valence-electron chi connectivity index (χ1n) is 10.3. The Morgan fingerprint density at radius 2 is 2.10 bits per heavy atom. The lowest BCUT2D eigenvalue weighted by molar-refractivity contribution is -0.125. The van der Waals surface area contributed by atoms with Crippen molar-refractivity contribution in [3.8, 4) is 11.5 Å². The second kappa shape index (κ2) is 8.79. The summed E-state index contributed by atoms with van der Waals surface area (Å²) in [6, 6.07) is 5.55. The van der Waals surface area contributed by atoms with Crippen LogP contribution in [0.15, 0.2) is 22.7 Å². The Balaban J connectivity index is 1.48. The van der Waals surface area contributed by atoms with Gasteiger partial charge in [-0.05, 0) is 44.9 Å². The first-order chi connectivity index (χ1) is 15.0. The summed E-state index contributed by atoms with van der Waals surface area (Å²) >= 11 is 0. The molecule has 164 valence electrons. The molecule has 0 spiro atoms. The number of hydrogen-bond acceptors (Lipinski definition) is 8. The molecule has 9 nitrogen and oxygen atoms in total. The monoisotopic (exact) mass is 425 g/mol. The lowest BCUT2D eigenvalue weighted by atomic mass is 9.96. The number of piperidine rings is 1. The number of carbonyl (C=O) groups excluding carboxylic acids is 1. The van der Waals surface area contributed by atoms with Crippen molar-refractivity contribution in [1.29, 1.82) is 0 Å². The lowest BCUT2D eigenvalue weighted by Gasteiger charge is -2.33. The standard InChI is InChI=1S/C22H27N5O4/c1-13-19-20(24-14(2)25-22(19)31-26-13)27-9-5-6-15(12-27)21(28)23-11-16-10-17(29-3)7-8-18(16)30-4/h7-8,10,15H,5-6,9,11-12H2,1-4H3,(H,23,28)/t15-/m1/s1. The predicted octanol–water partition coefficient (Wildman–Crippen LogP) is 2.78. The number of aromatic nitrogens is 3. The molecule has 1 atom stereocenters. The minimum Gasteiger partial charge on any atom is -0.497 e. The van der Waals surface area contributed by atoms with Gasteiger partial charge in [0, 0.05) is 25.2 Å². The highest BCUT2D eigenvalue weighted by Gasteiger charge is 2.29. The van der Waals surface area contributed by atoms with Crippen LogP contribution in [0.1, 0.15) is 29.9 Å². The zero-order valence-electron chi connectivity index (χ0n) is 18.3. The molecule has 1 aliphatic rings. The summed E-state index contributed by atoms with van der Waals surface area (Å²) in [6.45, 7) is 5.48. The molecule has 1 saturated heterocycles. The molecule has 9 heteroatoms. The van der Waals surface area contributed by atoms with Gasteiger partial charge in [-0.25, -0.2) is 4.98 Å². The topological polar surface area (TPSA) is 103 Å². The van der Waals surface area contributed by atoms with E-state index in [1.807, 2.05) is 32.0 Å². The molecule has 3 heterocycles. The van der Waals surface area contributed by atoms with Crippen molar-refractivity contribution in [2.24, 2.45) is 5.92 Å². The Labute approximate surface area is 180 Å². The number of anilines is 1. The maximum Gasteiger partial charge on any atom is 0.263 e. The van der Waals surface area contributed by atoms with Gasteiger partial charge in [-0.3, -0.25) is 4.79 Å². The molecule has 1 aromatic carbocycles. The van der Waals surface area contributed by atoms with Crippen molar-refractivity contribution < 1.29 is 18.8 Å². The largest absolute Gasteiger partial charge is 0.497 e. The van der Waals surface area contributed by atoms with E-state index in [1.165, 1.54) is 0 Å². The van der Waals surface area contributed by atoms with E-state index < -0.39 is 0 Å². The van der Waals surface area contributed by atoms with Crippen LogP contribution in [0.2, 0.25) is 0 Å². The molecule has 2 aromatic heterocycles. The van der Waals surface area contributed by atoms with Gasteiger partial charge in [0.1, 0.15) is 28.5 Å². The third-order valence-electron chi connectivity index (χ3n) is 5.63. The molecule has 4 rings (SSSR count). The molecule has 1 fully saturated rings. The number of methoxy groups -OCH3 is 2. The Hall–Kier alpha value is -3.36. The number of nitrogens with zero attached hydrogens (tertiary/aromatic N) is 4. The highest BCUT2D eigenvalue weighted by Crippen LogP contribution is 2.30. The summed E-state index contributed by atoms with van der Waals surface area (Å²) in [5.74, 6) is 2.72. The Kier molecular flexibility index (Phi) is 5.92. The fourth-order valence-electron chi connectivity index (χ4n) is 4.03. The van der Waals surface area contributed by atoms with Crippen molar-refractivity contribution in [3.05, 3.63) is 35.3 Å². The van der Waals surface area contributed by atoms with Crippen LogP contribution in [0.25, 0.3) is 11.1 Å². The van der Waals surface area contributed by atoms with Crippen LogP contribution in [-0.4, -0.2) is 48.3 Å². The van der Waals surface area contributed by atoms with Gasteiger partial charge in [0.15, 0.2) is 0 Å². The number of rotatable bonds is 6. The van der Waals surface area contributed by atoms with Crippen LogP contribution < -0.4 is 19.7 Å². The number of amides is 1. The van der Waals surface area contributed by atoms with Gasteiger partial charge in [0.2, 0.25) is 5.91 Å². The number of ether oxygens (including phenoxy) is 2. The number of benzene rings is 1. The second-order valence-corrected chi connectivity index (χ2v) is 7.72. The van der Waals surface area contributed by atoms with Crippen molar-refractivity contribution in [2.75, 3.05) is 32.2 Å². The molecule has 31 heavy (non-hydrogen) atoms. The molecule has 0 bridgehead atoms. The minimum atomic E-state index is -0.143. The summed E-state index contributed by atoms with van der Waals surface area (Å²) in [6.07, 6.45) is 1.73. The van der Waals surface area contributed by atoms with Crippen LogP contribution in [0.4, 0.5) is 5.82 Å². The van der Waals surface area contributed by atoms with Gasteiger partial charge >= 0.3 is 0 Å². The molecular formula is C22H27N5O4. The Bertz CT molecular complexity index is 1100. The average molecular weight is 425 g/mol. The van der Waals surface area contributed by atoms with E-state index >= 15 is 0 Å². The quantitative estimate of drug-likeness (QED) is 0.643. The van der Waals surface area contributed by atoms with Gasteiger partial charge < -0.3 is 24.2 Å². The minimum absolute atomic E-state index is 0.0126. The maximum absolute atomic E-state index is 13.0. The molecule has 0 radical (unpaired) electrons. The molecule has 1 aliphatic heterocycles. The molecule has 0 saturated carbocycles. The molecule has 0 unspecified atom stereocenters. The first-order valence-corrected chi connectivity index (χ1v) is 10.3. The average Bonchev–Trinajstić information content (AvgIpc) is 3.17. The normalized spacial score (nSPS) is 16.4. The van der Waals surface area contributed by atoms with Crippen LogP contribution in [0.3, 0.4) is 0 Å². The smallest absolute Gasteiger partial charge is 0.263 e. The van der Waals surface area contributed by atoms with Crippen LogP contribution in [-0.2, 0) is 11.3 Å². The van der Waals surface area contributed by atoms with Gasteiger partial charge in [-0.15, -0.1) is 0 Å². The summed E-state index contributed by atoms with van der Waals surface area (Å²) < 4.78 is 16.0. The Morgan fingerprint density at radius 1 is 1.26 bits per heavy atom. The molecule has 1 N–H and O–H groups in total. The van der Waals surface area contributed by atoms with E-state index in [0.29, 0.717) is 30.4 Å². The van der Waals surface area contributed by atoms with Gasteiger partial charge in [0.05, 0.1) is 25.8 Å². The van der Waals surface area contributed by atoms with E-state index in [0.717, 1.165) is 47.6 Å². The lowest BCUT2D eigenvalue weighted by Crippen LogP contribution is -2.43. The number of carbonyl (C=O) groups is 1. The fraction of sp³-hybridized carbons (Fsp3) is 0.455. The SMILES string of the molecule is COc1ccc(OC)c(CNC(=O)[C@@H]2CCCN(c3nc(C)nc4onc(C)c34)C2)c1. The zero-order chi connectivity index (χ0) is 22.0. The summed E-state index contributed by atoms with van der Waals surface area (Å²) in [5, 5.41) is 7.90. The maximum atomic E-state index is 13.0. The highest BCUT2D eigenvalue weighted by atomic mass is 16.5. The van der Waals surface area contributed by atoms with E-state index in [2.05, 4.69) is 25.3 Å².